The van der Waals surface area contributed by atoms with Crippen molar-refractivity contribution in [1.29, 1.82) is 0 Å². The second-order valence-corrected chi connectivity index (χ2v) is 4.79. The molecule has 0 saturated heterocycles. The molecule has 0 aliphatic heterocycles. The number of carbonyl (C=O) groups excluding carboxylic acids is 2. The molecule has 5 nitrogen and oxygen atoms in total. The van der Waals surface area contributed by atoms with Crippen molar-refractivity contribution in [2.75, 3.05) is 13.6 Å². The minimum Gasteiger partial charge on any atom is -0.459 e. The molecule has 0 radical (unpaired) electrons. The first kappa shape index (κ1) is 14.3. The van der Waals surface area contributed by atoms with Gasteiger partial charge in [-0.3, -0.25) is 9.59 Å². The van der Waals surface area contributed by atoms with Crippen LogP contribution in [0.15, 0.2) is 22.8 Å². The van der Waals surface area contributed by atoms with Crippen molar-refractivity contribution in [2.45, 2.75) is 26.8 Å². The van der Waals surface area contributed by atoms with Crippen molar-refractivity contribution in [2.24, 2.45) is 5.92 Å². The lowest BCUT2D eigenvalue weighted by Gasteiger charge is -2.23. The van der Waals surface area contributed by atoms with Crippen LogP contribution in [0.3, 0.4) is 0 Å². The van der Waals surface area contributed by atoms with Crippen molar-refractivity contribution in [3.8, 4) is 0 Å². The Hall–Kier alpha value is -1.78. The van der Waals surface area contributed by atoms with Gasteiger partial charge < -0.3 is 14.6 Å². The molecule has 1 unspecified atom stereocenters. The molecule has 1 aromatic rings. The number of nitrogens with zero attached hydrogens (tertiary/aromatic N) is 1. The molecule has 0 fully saturated rings. The van der Waals surface area contributed by atoms with E-state index in [0.717, 1.165) is 0 Å². The largest absolute Gasteiger partial charge is 0.459 e. The first-order valence-electron chi connectivity index (χ1n) is 6.01. The smallest absolute Gasteiger partial charge is 0.287 e. The van der Waals surface area contributed by atoms with Crippen LogP contribution in [0.1, 0.15) is 31.3 Å². The van der Waals surface area contributed by atoms with E-state index >= 15 is 0 Å². The number of hydrogen-bond acceptors (Lipinski definition) is 3. The normalized spacial score (nSPS) is 12.3. The summed E-state index contributed by atoms with van der Waals surface area (Å²) in [6.45, 7) is 6.41. The fourth-order valence-corrected chi connectivity index (χ4v) is 1.71. The number of rotatable bonds is 5. The zero-order valence-corrected chi connectivity index (χ0v) is 11.3. The second-order valence-electron chi connectivity index (χ2n) is 4.79. The lowest BCUT2D eigenvalue weighted by Crippen LogP contribution is -2.46. The van der Waals surface area contributed by atoms with Crippen molar-refractivity contribution in [3.05, 3.63) is 24.2 Å². The third kappa shape index (κ3) is 3.91. The summed E-state index contributed by atoms with van der Waals surface area (Å²) in [5.74, 6) is 0.121. The van der Waals surface area contributed by atoms with Gasteiger partial charge in [-0.05, 0) is 25.0 Å². The first-order valence-corrected chi connectivity index (χ1v) is 6.01. The Morgan fingerprint density at radius 3 is 2.56 bits per heavy atom. The summed E-state index contributed by atoms with van der Waals surface area (Å²) in [6.07, 6.45) is 1.42. The Kier molecular flexibility index (Phi) is 4.95. The molecule has 0 spiro atoms. The predicted molar refractivity (Wildman–Crippen MR) is 68.1 cm³/mol. The zero-order chi connectivity index (χ0) is 13.7. The zero-order valence-electron chi connectivity index (χ0n) is 11.3. The Morgan fingerprint density at radius 1 is 1.39 bits per heavy atom. The minimum absolute atomic E-state index is 0.108. The van der Waals surface area contributed by atoms with Crippen molar-refractivity contribution in [3.63, 3.8) is 0 Å². The summed E-state index contributed by atoms with van der Waals surface area (Å²) in [5, 5.41) is 2.61. The molecule has 100 valence electrons. The first-order chi connectivity index (χ1) is 8.41. The molecule has 5 heteroatoms. The molecule has 1 N–H and O–H groups in total. The van der Waals surface area contributed by atoms with Crippen LogP contribution in [0.4, 0.5) is 0 Å². The maximum atomic E-state index is 12.0. The van der Waals surface area contributed by atoms with E-state index in [2.05, 4.69) is 5.32 Å². The maximum absolute atomic E-state index is 12.0. The highest BCUT2D eigenvalue weighted by Gasteiger charge is 2.21. The number of carbonyl (C=O) groups is 2. The molecule has 2 amide bonds. The highest BCUT2D eigenvalue weighted by Crippen LogP contribution is 2.02. The van der Waals surface area contributed by atoms with Gasteiger partial charge in [0.2, 0.25) is 5.91 Å². The van der Waals surface area contributed by atoms with Gasteiger partial charge in [-0.2, -0.15) is 0 Å². The van der Waals surface area contributed by atoms with Crippen LogP contribution in [0.2, 0.25) is 0 Å². The average Bonchev–Trinajstić information content (AvgIpc) is 2.80. The quantitative estimate of drug-likeness (QED) is 0.864. The fraction of sp³-hybridized carbons (Fsp3) is 0.538. The molecular weight excluding hydrogens is 232 g/mol. The van der Waals surface area contributed by atoms with Gasteiger partial charge in [0, 0.05) is 13.6 Å². The molecular formula is C13H20N2O3. The van der Waals surface area contributed by atoms with Crippen LogP contribution in [0.25, 0.3) is 0 Å². The maximum Gasteiger partial charge on any atom is 0.287 e. The third-order valence-electron chi connectivity index (χ3n) is 2.48. The molecule has 0 bridgehead atoms. The number of nitrogens with one attached hydrogen (secondary N) is 1. The molecule has 1 atom stereocenters. The lowest BCUT2D eigenvalue weighted by molar-refractivity contribution is -0.131. The predicted octanol–water partition coefficient (Wildman–Crippen LogP) is 1.51. The highest BCUT2D eigenvalue weighted by molar-refractivity contribution is 5.95. The van der Waals surface area contributed by atoms with Gasteiger partial charge >= 0.3 is 0 Å². The Labute approximate surface area is 107 Å². The molecule has 0 aliphatic rings. The van der Waals surface area contributed by atoms with Crippen LogP contribution in [0, 0.1) is 5.92 Å². The number of hydrogen-bond donors (Lipinski definition) is 1. The lowest BCUT2D eigenvalue weighted by atomic mass is 10.2. The van der Waals surface area contributed by atoms with Crippen molar-refractivity contribution >= 4 is 11.8 Å². The minimum atomic E-state index is -0.564. The number of amides is 2. The van der Waals surface area contributed by atoms with E-state index in [4.69, 9.17) is 4.42 Å². The van der Waals surface area contributed by atoms with Crippen LogP contribution in [-0.2, 0) is 4.79 Å². The van der Waals surface area contributed by atoms with Gasteiger partial charge in [0.25, 0.3) is 5.91 Å². The summed E-state index contributed by atoms with van der Waals surface area (Å²) in [7, 11) is 1.73. The van der Waals surface area contributed by atoms with E-state index in [0.29, 0.717) is 12.5 Å². The standard InChI is InChI=1S/C13H20N2O3/c1-9(2)8-15(4)13(17)10(3)14-12(16)11-6-5-7-18-11/h5-7,9-10H,8H2,1-4H3,(H,14,16). The SMILES string of the molecule is CC(C)CN(C)C(=O)C(C)NC(=O)c1ccco1. The summed E-state index contributed by atoms with van der Waals surface area (Å²) in [6, 6.07) is 2.63. The topological polar surface area (TPSA) is 62.6 Å². The van der Waals surface area contributed by atoms with E-state index in [1.165, 1.54) is 6.26 Å². The fourth-order valence-electron chi connectivity index (χ4n) is 1.71. The van der Waals surface area contributed by atoms with Crippen molar-refractivity contribution < 1.29 is 14.0 Å². The second kappa shape index (κ2) is 6.23. The number of furan rings is 1. The van der Waals surface area contributed by atoms with Crippen LogP contribution in [-0.4, -0.2) is 36.3 Å². The monoisotopic (exact) mass is 252 g/mol. The Morgan fingerprint density at radius 2 is 2.06 bits per heavy atom. The van der Waals surface area contributed by atoms with Crippen LogP contribution in [0.5, 0.6) is 0 Å². The van der Waals surface area contributed by atoms with Crippen LogP contribution < -0.4 is 5.32 Å². The van der Waals surface area contributed by atoms with Gasteiger partial charge in [0.05, 0.1) is 6.26 Å². The molecule has 0 aliphatic carbocycles. The van der Waals surface area contributed by atoms with Gasteiger partial charge in [-0.25, -0.2) is 0 Å². The summed E-state index contributed by atoms with van der Waals surface area (Å²) < 4.78 is 4.96. The molecule has 0 aromatic carbocycles. The molecule has 1 rings (SSSR count). The van der Waals surface area contributed by atoms with Crippen LogP contribution >= 0.6 is 0 Å². The third-order valence-corrected chi connectivity index (χ3v) is 2.48. The van der Waals surface area contributed by atoms with E-state index in [1.54, 1.807) is 31.0 Å². The Bertz CT molecular complexity index is 398. The van der Waals surface area contributed by atoms with E-state index in [-0.39, 0.29) is 17.6 Å². The van der Waals surface area contributed by atoms with Gasteiger partial charge in [-0.1, -0.05) is 13.8 Å². The van der Waals surface area contributed by atoms with E-state index in [1.807, 2.05) is 13.8 Å². The van der Waals surface area contributed by atoms with Crippen molar-refractivity contribution in [1.82, 2.24) is 10.2 Å². The van der Waals surface area contributed by atoms with Gasteiger partial charge in [0.1, 0.15) is 6.04 Å². The Balaban J connectivity index is 2.52. The number of likely N-dealkylation sites (N-methyl/N-ethyl adjacent to an activating group) is 1. The molecule has 1 heterocycles. The van der Waals surface area contributed by atoms with E-state index < -0.39 is 6.04 Å². The molecule has 18 heavy (non-hydrogen) atoms. The summed E-state index contributed by atoms with van der Waals surface area (Å²) in [5.41, 5.74) is 0. The summed E-state index contributed by atoms with van der Waals surface area (Å²) in [4.78, 5) is 25.3. The highest BCUT2D eigenvalue weighted by atomic mass is 16.3. The van der Waals surface area contributed by atoms with E-state index in [9.17, 15) is 9.59 Å². The van der Waals surface area contributed by atoms with Gasteiger partial charge in [0.15, 0.2) is 5.76 Å². The van der Waals surface area contributed by atoms with Gasteiger partial charge in [-0.15, -0.1) is 0 Å². The average molecular weight is 252 g/mol. The molecule has 0 saturated carbocycles. The molecule has 1 aromatic heterocycles. The summed E-state index contributed by atoms with van der Waals surface area (Å²) >= 11 is 0.